The summed E-state index contributed by atoms with van der Waals surface area (Å²) >= 11 is 0. The van der Waals surface area contributed by atoms with Gasteiger partial charge in [0.25, 0.3) is 0 Å². The first-order chi connectivity index (χ1) is 9.22. The summed E-state index contributed by atoms with van der Waals surface area (Å²) in [5, 5.41) is 0. The Hall–Kier alpha value is -1.84. The quantitative estimate of drug-likeness (QED) is 0.474. The van der Waals surface area contributed by atoms with Crippen LogP contribution in [0, 0.1) is 0 Å². The molecule has 4 heteroatoms. The van der Waals surface area contributed by atoms with E-state index in [1.165, 1.54) is 13.5 Å². The van der Waals surface area contributed by atoms with Crippen LogP contribution in [0.5, 0.6) is 0 Å². The third-order valence-corrected chi connectivity index (χ3v) is 3.43. The zero-order valence-electron chi connectivity index (χ0n) is 11.2. The van der Waals surface area contributed by atoms with Crippen molar-refractivity contribution in [3.63, 3.8) is 0 Å². The third-order valence-electron chi connectivity index (χ3n) is 3.43. The van der Waals surface area contributed by atoms with E-state index < -0.39 is 5.97 Å². The molecule has 1 heterocycles. The van der Waals surface area contributed by atoms with Crippen LogP contribution in [-0.2, 0) is 9.53 Å². The molecule has 1 aromatic carbocycles. The average molecular weight is 261 g/mol. The van der Waals surface area contributed by atoms with E-state index in [1.54, 1.807) is 6.07 Å². The number of hydrogen-bond donors (Lipinski definition) is 0. The Labute approximate surface area is 113 Å². The Kier molecular flexibility index (Phi) is 4.55. The monoisotopic (exact) mass is 261 g/mol. The fraction of sp³-hybridized carbons (Fsp3) is 0.467. The van der Waals surface area contributed by atoms with Crippen LogP contribution < -0.4 is 4.90 Å². The lowest BCUT2D eigenvalue weighted by Gasteiger charge is -2.30. The lowest BCUT2D eigenvalue weighted by atomic mass is 10.0. The van der Waals surface area contributed by atoms with Crippen molar-refractivity contribution in [1.82, 2.24) is 0 Å². The van der Waals surface area contributed by atoms with Gasteiger partial charge in [0.15, 0.2) is 5.78 Å². The standard InChI is InChI=1S/C15H19NO3/c1-19-15(18)11-14(17)12-7-3-4-8-13(12)16-9-5-2-6-10-16/h3-4,7-8H,2,5-6,9-11H2,1H3. The molecule has 0 radical (unpaired) electrons. The predicted octanol–water partition coefficient (Wildman–Crippen LogP) is 2.42. The number of nitrogens with zero attached hydrogens (tertiary/aromatic N) is 1. The molecule has 0 amide bonds. The molecule has 0 aliphatic carbocycles. The van der Waals surface area contributed by atoms with Gasteiger partial charge in [0.2, 0.25) is 0 Å². The van der Waals surface area contributed by atoms with E-state index in [-0.39, 0.29) is 12.2 Å². The molecule has 1 aliphatic heterocycles. The molecule has 0 aromatic heterocycles. The van der Waals surface area contributed by atoms with E-state index in [4.69, 9.17) is 0 Å². The van der Waals surface area contributed by atoms with Crippen molar-refractivity contribution in [3.8, 4) is 0 Å². The molecule has 19 heavy (non-hydrogen) atoms. The van der Waals surface area contributed by atoms with Gasteiger partial charge in [-0.2, -0.15) is 0 Å². The molecule has 0 N–H and O–H groups in total. The van der Waals surface area contributed by atoms with Crippen molar-refractivity contribution in [2.45, 2.75) is 25.7 Å². The van der Waals surface area contributed by atoms with Crippen LogP contribution in [0.25, 0.3) is 0 Å². The van der Waals surface area contributed by atoms with Crippen LogP contribution in [-0.4, -0.2) is 32.0 Å². The van der Waals surface area contributed by atoms with Crippen LogP contribution in [0.3, 0.4) is 0 Å². The Morgan fingerprint density at radius 2 is 1.84 bits per heavy atom. The molecule has 0 saturated carbocycles. The summed E-state index contributed by atoms with van der Waals surface area (Å²) in [5.74, 6) is -0.661. The Balaban J connectivity index is 2.20. The SMILES string of the molecule is COC(=O)CC(=O)c1ccccc1N1CCCCC1. The highest BCUT2D eigenvalue weighted by Gasteiger charge is 2.19. The molecule has 1 aliphatic rings. The van der Waals surface area contributed by atoms with E-state index in [1.807, 2.05) is 18.2 Å². The molecular weight excluding hydrogens is 242 g/mol. The number of esters is 1. The van der Waals surface area contributed by atoms with E-state index in [0.29, 0.717) is 5.56 Å². The van der Waals surface area contributed by atoms with Crippen LogP contribution in [0.15, 0.2) is 24.3 Å². The maximum absolute atomic E-state index is 12.1. The molecule has 1 saturated heterocycles. The zero-order valence-corrected chi connectivity index (χ0v) is 11.2. The van der Waals surface area contributed by atoms with Crippen LogP contribution >= 0.6 is 0 Å². The molecule has 1 aromatic rings. The fourth-order valence-corrected chi connectivity index (χ4v) is 2.42. The zero-order chi connectivity index (χ0) is 13.7. The van der Waals surface area contributed by atoms with Crippen LogP contribution in [0.2, 0.25) is 0 Å². The van der Waals surface area contributed by atoms with Crippen molar-refractivity contribution < 1.29 is 14.3 Å². The van der Waals surface area contributed by atoms with E-state index in [2.05, 4.69) is 9.64 Å². The number of ketones is 1. The summed E-state index contributed by atoms with van der Waals surface area (Å²) in [6.45, 7) is 1.95. The van der Waals surface area contributed by atoms with Gasteiger partial charge in [-0.1, -0.05) is 12.1 Å². The minimum atomic E-state index is -0.488. The number of carbonyl (C=O) groups is 2. The van der Waals surface area contributed by atoms with E-state index >= 15 is 0 Å². The number of methoxy groups -OCH3 is 1. The highest BCUT2D eigenvalue weighted by molar-refractivity contribution is 6.09. The summed E-state index contributed by atoms with van der Waals surface area (Å²) in [4.78, 5) is 25.6. The molecule has 0 bridgehead atoms. The molecule has 4 nitrogen and oxygen atoms in total. The van der Waals surface area contributed by atoms with Gasteiger partial charge in [-0.3, -0.25) is 9.59 Å². The Bertz CT molecular complexity index is 464. The van der Waals surface area contributed by atoms with Crippen LogP contribution in [0.1, 0.15) is 36.0 Å². The topological polar surface area (TPSA) is 46.6 Å². The third kappa shape index (κ3) is 3.34. The number of rotatable bonds is 4. The number of anilines is 1. The number of benzene rings is 1. The average Bonchev–Trinajstić information content (AvgIpc) is 2.48. The molecule has 0 atom stereocenters. The normalized spacial score (nSPS) is 15.1. The van der Waals surface area contributed by atoms with Crippen molar-refractivity contribution in [1.29, 1.82) is 0 Å². The van der Waals surface area contributed by atoms with Crippen molar-refractivity contribution >= 4 is 17.4 Å². The highest BCUT2D eigenvalue weighted by atomic mass is 16.5. The second-order valence-electron chi connectivity index (χ2n) is 4.74. The van der Waals surface area contributed by atoms with Gasteiger partial charge in [-0.05, 0) is 31.4 Å². The van der Waals surface area contributed by atoms with E-state index in [0.717, 1.165) is 31.6 Å². The maximum atomic E-state index is 12.1. The second-order valence-corrected chi connectivity index (χ2v) is 4.74. The van der Waals surface area contributed by atoms with Crippen molar-refractivity contribution in [2.24, 2.45) is 0 Å². The van der Waals surface area contributed by atoms with E-state index in [9.17, 15) is 9.59 Å². The first-order valence-electron chi connectivity index (χ1n) is 6.66. The van der Waals surface area contributed by atoms with Crippen molar-refractivity contribution in [3.05, 3.63) is 29.8 Å². The Morgan fingerprint density at radius 3 is 2.53 bits per heavy atom. The Morgan fingerprint density at radius 1 is 1.16 bits per heavy atom. The number of ether oxygens (including phenoxy) is 1. The molecular formula is C15H19NO3. The number of carbonyl (C=O) groups excluding carboxylic acids is 2. The summed E-state index contributed by atoms with van der Waals surface area (Å²) in [6, 6.07) is 7.50. The summed E-state index contributed by atoms with van der Waals surface area (Å²) in [7, 11) is 1.30. The molecule has 1 fully saturated rings. The summed E-state index contributed by atoms with van der Waals surface area (Å²) < 4.78 is 4.55. The number of piperidine rings is 1. The van der Waals surface area contributed by atoms with Gasteiger partial charge in [0, 0.05) is 24.3 Å². The first-order valence-corrected chi connectivity index (χ1v) is 6.66. The minimum absolute atomic E-state index is 0.173. The lowest BCUT2D eigenvalue weighted by molar-refractivity contribution is -0.139. The number of hydrogen-bond acceptors (Lipinski definition) is 4. The number of Topliss-reactive ketones (excluding diaryl/α,β-unsaturated/α-hetero) is 1. The fourth-order valence-electron chi connectivity index (χ4n) is 2.42. The van der Waals surface area contributed by atoms with Gasteiger partial charge >= 0.3 is 5.97 Å². The summed E-state index contributed by atoms with van der Waals surface area (Å²) in [5.41, 5.74) is 1.56. The molecule has 102 valence electrons. The molecule has 0 unspecified atom stereocenters. The van der Waals surface area contributed by atoms with Crippen molar-refractivity contribution in [2.75, 3.05) is 25.1 Å². The van der Waals surface area contributed by atoms with Gasteiger partial charge in [0.1, 0.15) is 6.42 Å². The van der Waals surface area contributed by atoms with Crippen LogP contribution in [0.4, 0.5) is 5.69 Å². The lowest BCUT2D eigenvalue weighted by Crippen LogP contribution is -2.30. The minimum Gasteiger partial charge on any atom is -0.469 e. The van der Waals surface area contributed by atoms with Gasteiger partial charge in [0.05, 0.1) is 7.11 Å². The summed E-state index contributed by atoms with van der Waals surface area (Å²) in [6.07, 6.45) is 3.36. The predicted molar refractivity (Wildman–Crippen MR) is 73.5 cm³/mol. The highest BCUT2D eigenvalue weighted by Crippen LogP contribution is 2.25. The molecule has 0 spiro atoms. The van der Waals surface area contributed by atoms with Gasteiger partial charge in [-0.25, -0.2) is 0 Å². The largest absolute Gasteiger partial charge is 0.469 e. The second kappa shape index (κ2) is 6.36. The smallest absolute Gasteiger partial charge is 0.313 e. The number of para-hydroxylation sites is 1. The van der Waals surface area contributed by atoms with Gasteiger partial charge < -0.3 is 9.64 Å². The maximum Gasteiger partial charge on any atom is 0.313 e. The molecule has 2 rings (SSSR count). The first kappa shape index (κ1) is 13.6. The van der Waals surface area contributed by atoms with Gasteiger partial charge in [-0.15, -0.1) is 0 Å².